The minimum Gasteiger partial charge on any atom is -0.503 e. The summed E-state index contributed by atoms with van der Waals surface area (Å²) in [6.07, 6.45) is 1.68. The molecule has 2 nitrogen and oxygen atoms in total. The monoisotopic (exact) mass is 213 g/mol. The summed E-state index contributed by atoms with van der Waals surface area (Å²) in [5, 5.41) is 8.97. The van der Waals surface area contributed by atoms with E-state index in [0.717, 1.165) is 12.8 Å². The second kappa shape index (κ2) is 3.17. The van der Waals surface area contributed by atoms with Crippen molar-refractivity contribution in [2.45, 2.75) is 31.2 Å². The van der Waals surface area contributed by atoms with Crippen LogP contribution in [0.3, 0.4) is 0 Å². The molecule has 1 aromatic carbocycles. The van der Waals surface area contributed by atoms with Crippen LogP contribution in [-0.4, -0.2) is 11.1 Å². The van der Waals surface area contributed by atoms with Crippen molar-refractivity contribution >= 4 is 0 Å². The van der Waals surface area contributed by atoms with Crippen LogP contribution in [-0.2, 0) is 5.41 Å². The minimum atomic E-state index is -0.920. The minimum absolute atomic E-state index is 0.138. The third-order valence-electron chi connectivity index (χ3n) is 3.25. The van der Waals surface area contributed by atoms with Crippen molar-refractivity contribution in [3.8, 4) is 5.75 Å². The number of phenols is 1. The second-order valence-electron chi connectivity index (χ2n) is 4.23. The van der Waals surface area contributed by atoms with E-state index in [2.05, 4.69) is 0 Å². The van der Waals surface area contributed by atoms with Gasteiger partial charge in [0, 0.05) is 11.5 Å². The van der Waals surface area contributed by atoms with Crippen molar-refractivity contribution in [1.29, 1.82) is 0 Å². The van der Waals surface area contributed by atoms with Crippen LogP contribution in [0.2, 0.25) is 0 Å². The maximum atomic E-state index is 13.1. The molecule has 0 spiro atoms. The predicted molar refractivity (Wildman–Crippen MR) is 52.6 cm³/mol. The number of halogens is 2. The molecule has 1 aliphatic rings. The van der Waals surface area contributed by atoms with Crippen LogP contribution >= 0.6 is 0 Å². The fourth-order valence-electron chi connectivity index (χ4n) is 1.99. The zero-order chi connectivity index (χ0) is 11.2. The third kappa shape index (κ3) is 1.49. The summed E-state index contributed by atoms with van der Waals surface area (Å²) >= 11 is 0. The highest BCUT2D eigenvalue weighted by molar-refractivity contribution is 5.39. The molecule has 0 radical (unpaired) electrons. The highest BCUT2D eigenvalue weighted by Gasteiger charge is 2.48. The maximum absolute atomic E-state index is 13.1. The van der Waals surface area contributed by atoms with Gasteiger partial charge in [-0.05, 0) is 37.5 Å². The van der Waals surface area contributed by atoms with Gasteiger partial charge in [0.2, 0.25) is 0 Å². The average molecular weight is 213 g/mol. The zero-order valence-electron chi connectivity index (χ0n) is 8.43. The molecule has 0 heterocycles. The van der Waals surface area contributed by atoms with Gasteiger partial charge < -0.3 is 10.8 Å². The van der Waals surface area contributed by atoms with Crippen LogP contribution in [0.1, 0.15) is 25.3 Å². The van der Waals surface area contributed by atoms with Crippen LogP contribution in [0.4, 0.5) is 8.78 Å². The Labute approximate surface area is 86.7 Å². The van der Waals surface area contributed by atoms with Crippen molar-refractivity contribution in [2.75, 3.05) is 0 Å². The highest BCUT2D eigenvalue weighted by Crippen LogP contribution is 2.51. The normalized spacial score (nSPS) is 20.0. The Hall–Kier alpha value is -1.16. The standard InChI is InChI=1S/C11H13F2NO/c1-6(14)11(2-3-11)7-4-8(12)10(15)9(13)5-7/h4-6,15H,2-3,14H2,1H3. The summed E-state index contributed by atoms with van der Waals surface area (Å²) in [4.78, 5) is 0. The van der Waals surface area contributed by atoms with E-state index in [-0.39, 0.29) is 11.5 Å². The first-order valence-electron chi connectivity index (χ1n) is 4.91. The van der Waals surface area contributed by atoms with Gasteiger partial charge in [0.1, 0.15) is 0 Å². The van der Waals surface area contributed by atoms with Gasteiger partial charge in [-0.25, -0.2) is 8.78 Å². The molecule has 0 aliphatic heterocycles. The third-order valence-corrected chi connectivity index (χ3v) is 3.25. The molecule has 15 heavy (non-hydrogen) atoms. The fourth-order valence-corrected chi connectivity index (χ4v) is 1.99. The lowest BCUT2D eigenvalue weighted by Gasteiger charge is -2.20. The van der Waals surface area contributed by atoms with Crippen LogP contribution in [0, 0.1) is 11.6 Å². The van der Waals surface area contributed by atoms with E-state index >= 15 is 0 Å². The Bertz CT molecular complexity index is 377. The first-order valence-corrected chi connectivity index (χ1v) is 4.91. The SMILES string of the molecule is CC(N)C1(c2cc(F)c(O)c(F)c2)CC1. The van der Waals surface area contributed by atoms with Crippen molar-refractivity contribution in [3.63, 3.8) is 0 Å². The molecule has 1 aromatic rings. The Morgan fingerprint density at radius 3 is 2.13 bits per heavy atom. The lowest BCUT2D eigenvalue weighted by Crippen LogP contribution is -2.31. The lowest BCUT2D eigenvalue weighted by molar-refractivity contribution is 0.393. The molecule has 1 atom stereocenters. The molecule has 2 rings (SSSR count). The first kappa shape index (κ1) is 10.4. The molecule has 1 fully saturated rings. The fraction of sp³-hybridized carbons (Fsp3) is 0.455. The number of benzene rings is 1. The Balaban J connectivity index is 2.47. The van der Waals surface area contributed by atoms with E-state index in [4.69, 9.17) is 10.8 Å². The summed E-state index contributed by atoms with van der Waals surface area (Å²) in [6, 6.07) is 2.21. The number of hydrogen-bond donors (Lipinski definition) is 2. The summed E-state index contributed by atoms with van der Waals surface area (Å²) < 4.78 is 26.3. The van der Waals surface area contributed by atoms with E-state index in [0.29, 0.717) is 5.56 Å². The first-order chi connectivity index (χ1) is 6.97. The van der Waals surface area contributed by atoms with Crippen LogP contribution < -0.4 is 5.73 Å². The van der Waals surface area contributed by atoms with Gasteiger partial charge in [0.25, 0.3) is 0 Å². The van der Waals surface area contributed by atoms with Crippen molar-refractivity contribution < 1.29 is 13.9 Å². The lowest BCUT2D eigenvalue weighted by atomic mass is 9.89. The Morgan fingerprint density at radius 1 is 1.33 bits per heavy atom. The molecule has 82 valence electrons. The van der Waals surface area contributed by atoms with Gasteiger partial charge in [-0.15, -0.1) is 0 Å². The maximum Gasteiger partial charge on any atom is 0.187 e. The Morgan fingerprint density at radius 2 is 1.80 bits per heavy atom. The largest absolute Gasteiger partial charge is 0.503 e. The van der Waals surface area contributed by atoms with Crippen LogP contribution in [0.15, 0.2) is 12.1 Å². The highest BCUT2D eigenvalue weighted by atomic mass is 19.1. The summed E-state index contributed by atoms with van der Waals surface area (Å²) in [5.74, 6) is -2.76. The van der Waals surface area contributed by atoms with E-state index in [1.165, 1.54) is 12.1 Å². The quantitative estimate of drug-likeness (QED) is 0.789. The number of hydrogen-bond acceptors (Lipinski definition) is 2. The molecule has 4 heteroatoms. The molecule has 1 saturated carbocycles. The smallest absolute Gasteiger partial charge is 0.187 e. The molecule has 0 amide bonds. The summed E-state index contributed by atoms with van der Waals surface area (Å²) in [5.41, 5.74) is 6.05. The molecule has 0 saturated heterocycles. The number of aromatic hydroxyl groups is 1. The van der Waals surface area contributed by atoms with Crippen molar-refractivity contribution in [3.05, 3.63) is 29.3 Å². The van der Waals surface area contributed by atoms with Crippen LogP contribution in [0.25, 0.3) is 0 Å². The number of phenolic OH excluding ortho intramolecular Hbond substituents is 1. The van der Waals surface area contributed by atoms with Crippen LogP contribution in [0.5, 0.6) is 5.75 Å². The van der Waals surface area contributed by atoms with Gasteiger partial charge in [-0.2, -0.15) is 0 Å². The second-order valence-corrected chi connectivity index (χ2v) is 4.23. The number of nitrogens with two attached hydrogens (primary N) is 1. The van der Waals surface area contributed by atoms with Crippen molar-refractivity contribution in [2.24, 2.45) is 5.73 Å². The Kier molecular flexibility index (Phi) is 2.19. The van der Waals surface area contributed by atoms with Gasteiger partial charge in [0.05, 0.1) is 0 Å². The van der Waals surface area contributed by atoms with E-state index in [1.807, 2.05) is 6.92 Å². The average Bonchev–Trinajstić information content (AvgIpc) is 2.93. The topological polar surface area (TPSA) is 46.2 Å². The van der Waals surface area contributed by atoms with Gasteiger partial charge >= 0.3 is 0 Å². The predicted octanol–water partition coefficient (Wildman–Crippen LogP) is 2.05. The summed E-state index contributed by atoms with van der Waals surface area (Å²) in [7, 11) is 0. The van der Waals surface area contributed by atoms with E-state index in [9.17, 15) is 8.78 Å². The number of rotatable bonds is 2. The van der Waals surface area contributed by atoms with Gasteiger partial charge in [0.15, 0.2) is 17.4 Å². The molecule has 1 unspecified atom stereocenters. The molecular formula is C11H13F2NO. The van der Waals surface area contributed by atoms with Crippen molar-refractivity contribution in [1.82, 2.24) is 0 Å². The molecule has 0 bridgehead atoms. The molecule has 0 aromatic heterocycles. The zero-order valence-corrected chi connectivity index (χ0v) is 8.43. The van der Waals surface area contributed by atoms with Gasteiger partial charge in [-0.1, -0.05) is 0 Å². The van der Waals surface area contributed by atoms with Gasteiger partial charge in [-0.3, -0.25) is 0 Å². The molecule has 3 N–H and O–H groups in total. The molecular weight excluding hydrogens is 200 g/mol. The molecule has 1 aliphatic carbocycles. The summed E-state index contributed by atoms with van der Waals surface area (Å²) in [6.45, 7) is 1.83. The van der Waals surface area contributed by atoms with E-state index in [1.54, 1.807) is 0 Å². The van der Waals surface area contributed by atoms with E-state index < -0.39 is 17.4 Å².